The summed E-state index contributed by atoms with van der Waals surface area (Å²) in [6.45, 7) is 13.2. The van der Waals surface area contributed by atoms with Crippen LogP contribution in [0.5, 0.6) is 5.75 Å². The van der Waals surface area contributed by atoms with Crippen molar-refractivity contribution in [3.63, 3.8) is 0 Å². The summed E-state index contributed by atoms with van der Waals surface area (Å²) >= 11 is 7.76. The molecule has 0 radical (unpaired) electrons. The number of halogens is 4. The highest BCUT2D eigenvalue weighted by Crippen LogP contribution is 2.53. The Morgan fingerprint density at radius 1 is 0.476 bits per heavy atom. The number of likely N-dealkylation sites (N-methyl/N-ethyl adjacent to an activating group) is 2. The summed E-state index contributed by atoms with van der Waals surface area (Å²) < 4.78 is 47.1. The predicted octanol–water partition coefficient (Wildman–Crippen LogP) is 17.3. The molecule has 20 rings (SSSR count). The van der Waals surface area contributed by atoms with Crippen molar-refractivity contribution in [2.75, 3.05) is 54.9 Å². The number of piperidine rings is 1. The van der Waals surface area contributed by atoms with Crippen molar-refractivity contribution in [2.45, 2.75) is 131 Å². The van der Waals surface area contributed by atoms with E-state index in [9.17, 15) is 47.2 Å². The molecule has 0 spiro atoms. The van der Waals surface area contributed by atoms with Gasteiger partial charge >= 0.3 is 0 Å². The molecule has 740 valence electrons. The molecule has 2 aliphatic carbocycles. The van der Waals surface area contributed by atoms with Crippen LogP contribution in [-0.2, 0) is 61.9 Å². The monoisotopic (exact) mass is 2070 g/mol. The number of nitrogens with two attached hydrogens (primary N) is 5. The van der Waals surface area contributed by atoms with Gasteiger partial charge in [-0.2, -0.15) is 15.8 Å². The van der Waals surface area contributed by atoms with Crippen LogP contribution in [-0.4, -0.2) is 160 Å². The number of pyridine rings is 1. The molecule has 2 saturated carbocycles. The summed E-state index contributed by atoms with van der Waals surface area (Å²) in [4.78, 5) is 123. The number of hydrogen-bond donors (Lipinski definition) is 5. The third-order valence-electron chi connectivity index (χ3n) is 28.9. The van der Waals surface area contributed by atoms with Gasteiger partial charge in [-0.05, 0) is 245 Å². The topological polar surface area (TPSA) is 420 Å². The Morgan fingerprint density at radius 2 is 0.931 bits per heavy atom. The van der Waals surface area contributed by atoms with Gasteiger partial charge in [-0.3, -0.25) is 58.3 Å². The number of aliphatic imine (C=N–C) groups is 5. The highest BCUT2D eigenvalue weighted by molar-refractivity contribution is 9.11. The second-order valence-electron chi connectivity index (χ2n) is 37.9. The summed E-state index contributed by atoms with van der Waals surface area (Å²) in [7, 11) is 8.09. The van der Waals surface area contributed by atoms with Gasteiger partial charge in [-0.25, -0.2) is 43.1 Å². The zero-order valence-corrected chi connectivity index (χ0v) is 85.6. The fourth-order valence-electron chi connectivity index (χ4n) is 19.4. The molecular weight excluding hydrogens is 1960 g/mol. The van der Waals surface area contributed by atoms with Crippen LogP contribution < -0.4 is 33.4 Å². The summed E-state index contributed by atoms with van der Waals surface area (Å²) in [6, 6.07) is 71.2. The molecule has 0 bridgehead atoms. The number of thiazole rings is 1. The van der Waals surface area contributed by atoms with Gasteiger partial charge < -0.3 is 38.3 Å². The molecule has 8 atom stereocenters. The molecule has 10 heterocycles. The van der Waals surface area contributed by atoms with Crippen molar-refractivity contribution in [1.82, 2.24) is 39.4 Å². The molecular formula is C110H107BrF3N21O7S3. The number of benzene rings is 8. The van der Waals surface area contributed by atoms with Crippen LogP contribution in [0.1, 0.15) is 168 Å². The van der Waals surface area contributed by atoms with Gasteiger partial charge in [0.15, 0.2) is 39.3 Å². The molecule has 35 heteroatoms. The SMILES string of the molecule is CN1C(=O)[C@@H](c2ccc(C3CC3)cc2)[C@@](C)(c2ccnc(-c3cc(F)cc(C#N)c3)c2)N=C1N.COc1ccc(C2C(=O)N(C)C(N)=N[C@]2(C)c2cnc(Br)s2)cc1.C[C@@H]1C(=O)N(C)C(N)=N[C@]1(C)c1cc(-c2ccc(F)c(C#N)c2)cs1.C[C@H]1C(=O)N(C)C(N)=N[C@]1(C)c1cc(-c2ccc(F)c(C#N)c2)cs1.NC1=NC(c2ccccc2)(c2ccccc2)C(=O)N1CC1CCN(C(=O)C2(c3ccccc3)CC2)CC1. The first kappa shape index (κ1) is 103. The molecule has 145 heavy (non-hydrogen) atoms. The van der Waals surface area contributed by atoms with Crippen LogP contribution in [0.2, 0.25) is 0 Å². The largest absolute Gasteiger partial charge is 0.497 e. The number of rotatable bonds is 17. The van der Waals surface area contributed by atoms with E-state index in [1.165, 1.54) is 108 Å². The smallest absolute Gasteiger partial charge is 0.266 e. The zero-order valence-electron chi connectivity index (χ0n) is 81.6. The lowest BCUT2D eigenvalue weighted by molar-refractivity contribution is -0.136. The minimum Gasteiger partial charge on any atom is -0.497 e. The van der Waals surface area contributed by atoms with Crippen molar-refractivity contribution in [2.24, 2.45) is 71.4 Å². The number of methoxy groups -OCH3 is 1. The fraction of sp³-hybridized carbons (Fsp3) is 0.291. The normalized spacial score (nSPS) is 22.5. The van der Waals surface area contributed by atoms with Crippen molar-refractivity contribution in [3.8, 4) is 57.5 Å². The molecule has 3 fully saturated rings. The van der Waals surface area contributed by atoms with E-state index in [1.54, 1.807) is 82.9 Å². The predicted molar refractivity (Wildman–Crippen MR) is 559 cm³/mol. The average molecular weight is 2070 g/mol. The Hall–Kier alpha value is -15.4. The Bertz CT molecular complexity index is 7120. The molecule has 12 aromatic rings. The molecule has 1 unspecified atom stereocenters. The molecule has 6 amide bonds. The van der Waals surface area contributed by atoms with E-state index < -0.39 is 57.0 Å². The first-order chi connectivity index (χ1) is 69.3. The standard InChI is InChI=1S/C31H32N4O2.C27H24FN5O.2C18H17FN4OS.C16H17BrN4O2S/c32-29-33-31(25-12-6-2-7-13-25,26-14-8-3-9-15-26)28(37)35(29)22-23-16-20-34(21-17-23)27(36)30(18-19-30)24-10-4-1-5-11-24;1-27(21-9-10-31-23(14-21)20-11-16(15-29)12-22(28)13-20)24(25(34)33(2)26(30)32-27)19-7-5-18(6-8-19)17-3-4-17;2*1-10-16(24)23(3)17(21)22-18(10,2)15-7-13(9-25-15)11-4-5-14(19)12(6-11)8-20;1-16(11-8-19-14(17)24-11)12(13(22)21(2)15(18)20-16)9-4-6-10(23-3)7-5-9/h1-15,23H,16-22H2,(H2,32,33);5-14,17,24H,3-4H2,1-2H3,(H2,30,32);2*4-7,9-10H,1-3H3,(H2,21,22);4-8,12H,1-3H3,(H2,18,20)/t;24-,27-;10-,18+;10-,18-;12?,16-/m.1101/s1. The quantitative estimate of drug-likeness (QED) is 0.0565. The van der Waals surface area contributed by atoms with E-state index >= 15 is 0 Å². The van der Waals surface area contributed by atoms with E-state index in [-0.39, 0.29) is 105 Å². The third-order valence-corrected chi connectivity index (χ3v) is 32.9. The minimum atomic E-state index is -1.17. The summed E-state index contributed by atoms with van der Waals surface area (Å²) in [5.74, 6) is -1.10. The maximum absolute atomic E-state index is 14.1. The molecule has 10 N–H and O–H groups in total. The highest BCUT2D eigenvalue weighted by atomic mass is 79.9. The van der Waals surface area contributed by atoms with Crippen LogP contribution >= 0.6 is 49.9 Å². The number of carbonyl (C=O) groups is 6. The van der Waals surface area contributed by atoms with Crippen molar-refractivity contribution in [3.05, 3.63) is 333 Å². The lowest BCUT2D eigenvalue weighted by atomic mass is 9.74. The summed E-state index contributed by atoms with van der Waals surface area (Å²) in [5, 5.41) is 31.0. The Kier molecular flexibility index (Phi) is 29.4. The van der Waals surface area contributed by atoms with Gasteiger partial charge in [0.05, 0.1) is 69.5 Å². The van der Waals surface area contributed by atoms with Gasteiger partial charge in [0.2, 0.25) is 29.5 Å². The van der Waals surface area contributed by atoms with Gasteiger partial charge in [0.1, 0.15) is 57.5 Å². The van der Waals surface area contributed by atoms with Crippen LogP contribution in [0, 0.1) is 69.2 Å². The van der Waals surface area contributed by atoms with Gasteiger partial charge in [-0.1, -0.05) is 153 Å². The number of hydrogen-bond acceptors (Lipinski definition) is 25. The summed E-state index contributed by atoms with van der Waals surface area (Å²) in [5.41, 5.74) is 36.4. The van der Waals surface area contributed by atoms with E-state index in [0.29, 0.717) is 36.8 Å². The molecule has 4 aromatic heterocycles. The highest BCUT2D eigenvalue weighted by Gasteiger charge is 2.56. The number of likely N-dealkylation sites (tertiary alicyclic amines) is 1. The third kappa shape index (κ3) is 20.1. The fourth-order valence-corrected chi connectivity index (χ4v) is 23.0. The average Bonchev–Trinajstić information content (AvgIpc) is 1.70. The van der Waals surface area contributed by atoms with Crippen LogP contribution in [0.25, 0.3) is 33.5 Å². The van der Waals surface area contributed by atoms with Gasteiger partial charge in [-0.15, -0.1) is 34.0 Å². The second-order valence-corrected chi connectivity index (χ2v) is 42.0. The zero-order chi connectivity index (χ0) is 104. The van der Waals surface area contributed by atoms with Crippen molar-refractivity contribution < 1.29 is 46.7 Å². The number of thiophene rings is 2. The summed E-state index contributed by atoms with van der Waals surface area (Å²) in [6.07, 6.45) is 9.29. The van der Waals surface area contributed by atoms with Crippen molar-refractivity contribution in [1.29, 1.82) is 15.8 Å². The number of nitriles is 3. The maximum atomic E-state index is 14.1. The minimum absolute atomic E-state index is 0.00145. The number of aromatic nitrogens is 2. The van der Waals surface area contributed by atoms with E-state index in [2.05, 4.69) is 65.1 Å². The molecule has 1 saturated heterocycles. The van der Waals surface area contributed by atoms with E-state index in [0.717, 1.165) is 106 Å². The molecule has 8 aliphatic rings. The van der Waals surface area contributed by atoms with E-state index in [4.69, 9.17) is 53.9 Å². The first-order valence-corrected chi connectivity index (χ1v) is 50.4. The van der Waals surface area contributed by atoms with Crippen LogP contribution in [0.15, 0.2) is 270 Å². The molecule has 28 nitrogen and oxygen atoms in total. The van der Waals surface area contributed by atoms with Crippen LogP contribution in [0.3, 0.4) is 0 Å². The first-order valence-electron chi connectivity index (χ1n) is 47.0. The number of guanidine groups is 5. The number of amides is 6. The number of ether oxygens (including phenoxy) is 1. The Labute approximate surface area is 859 Å². The maximum Gasteiger partial charge on any atom is 0.266 e. The lowest BCUT2D eigenvalue weighted by Crippen LogP contribution is -2.52. The van der Waals surface area contributed by atoms with Gasteiger partial charge in [0, 0.05) is 75.5 Å². The second kappa shape index (κ2) is 41.5. The Morgan fingerprint density at radius 3 is 1.39 bits per heavy atom. The molecule has 6 aliphatic heterocycles. The van der Waals surface area contributed by atoms with Gasteiger partial charge in [0.25, 0.3) is 5.91 Å². The molecule has 8 aromatic carbocycles. The van der Waals surface area contributed by atoms with Crippen LogP contribution in [0.4, 0.5) is 13.2 Å². The number of nitrogens with zero attached hydrogens (tertiary/aromatic N) is 16. The number of carbonyl (C=O) groups excluding carboxylic acids is 6. The van der Waals surface area contributed by atoms with E-state index in [1.807, 2.05) is 203 Å². The Balaban J connectivity index is 0.000000131. The van der Waals surface area contributed by atoms with Crippen molar-refractivity contribution >= 4 is 115 Å². The lowest BCUT2D eigenvalue weighted by Gasteiger charge is -2.41.